The number of ether oxygens (including phenoxy) is 1. The van der Waals surface area contributed by atoms with Crippen LogP contribution in [0.25, 0.3) is 10.9 Å². The molecule has 208 valence electrons. The molecule has 2 aromatic carbocycles. The molecule has 10 nitrogen and oxygen atoms in total. The SMILES string of the molecule is COc1cccc2[nH]c(C(=O)N3CC(c4ccccc4)CC3C(=O)NC(CC3CCCNC3=O)C(O)C#N)cc12. The van der Waals surface area contributed by atoms with Crippen molar-refractivity contribution in [1.82, 2.24) is 20.5 Å². The molecule has 0 aliphatic carbocycles. The maximum Gasteiger partial charge on any atom is 0.271 e. The lowest BCUT2D eigenvalue weighted by Gasteiger charge is -2.30. The Kier molecular flexibility index (Phi) is 8.03. The van der Waals surface area contributed by atoms with E-state index >= 15 is 0 Å². The number of rotatable bonds is 8. The third-order valence-corrected chi connectivity index (χ3v) is 7.99. The molecule has 0 bridgehead atoms. The number of methoxy groups -OCH3 is 1. The van der Waals surface area contributed by atoms with Gasteiger partial charge in [0.05, 0.1) is 19.2 Å². The number of aromatic amines is 1. The number of fused-ring (bicyclic) bond motifs is 1. The van der Waals surface area contributed by atoms with Crippen LogP contribution in [0.3, 0.4) is 0 Å². The van der Waals surface area contributed by atoms with Crippen LogP contribution in [0.5, 0.6) is 5.75 Å². The summed E-state index contributed by atoms with van der Waals surface area (Å²) in [5.41, 5.74) is 2.09. The highest BCUT2D eigenvalue weighted by molar-refractivity contribution is 6.02. The Bertz CT molecular complexity index is 1430. The summed E-state index contributed by atoms with van der Waals surface area (Å²) in [6.45, 7) is 0.913. The average molecular weight is 544 g/mol. The van der Waals surface area contributed by atoms with Gasteiger partial charge in [-0.1, -0.05) is 36.4 Å². The van der Waals surface area contributed by atoms with E-state index in [9.17, 15) is 24.8 Å². The summed E-state index contributed by atoms with van der Waals surface area (Å²) < 4.78 is 5.44. The molecule has 3 aromatic rings. The zero-order chi connectivity index (χ0) is 28.2. The monoisotopic (exact) mass is 543 g/mol. The van der Waals surface area contributed by atoms with Gasteiger partial charge in [0.25, 0.3) is 5.91 Å². The molecule has 1 aromatic heterocycles. The number of amides is 3. The predicted molar refractivity (Wildman–Crippen MR) is 147 cm³/mol. The fourth-order valence-corrected chi connectivity index (χ4v) is 5.85. The summed E-state index contributed by atoms with van der Waals surface area (Å²) in [5.74, 6) is -0.806. The first-order valence-corrected chi connectivity index (χ1v) is 13.6. The zero-order valence-corrected chi connectivity index (χ0v) is 22.3. The van der Waals surface area contributed by atoms with Crippen LogP contribution in [0.1, 0.15) is 47.7 Å². The molecule has 5 atom stereocenters. The first-order valence-electron chi connectivity index (χ1n) is 13.6. The van der Waals surface area contributed by atoms with Gasteiger partial charge >= 0.3 is 0 Å². The van der Waals surface area contributed by atoms with Gasteiger partial charge in [-0.15, -0.1) is 0 Å². The average Bonchev–Trinajstić information content (AvgIpc) is 3.63. The maximum atomic E-state index is 13.9. The van der Waals surface area contributed by atoms with E-state index in [-0.39, 0.29) is 24.2 Å². The van der Waals surface area contributed by atoms with E-state index in [2.05, 4.69) is 15.6 Å². The Hall–Kier alpha value is -4.36. The number of aliphatic hydroxyl groups excluding tert-OH is 1. The smallest absolute Gasteiger partial charge is 0.271 e. The number of hydrogen-bond donors (Lipinski definition) is 4. The third kappa shape index (κ3) is 5.51. The Morgan fingerprint density at radius 2 is 2.02 bits per heavy atom. The van der Waals surface area contributed by atoms with Crippen molar-refractivity contribution in [2.45, 2.75) is 49.8 Å². The summed E-state index contributed by atoms with van der Waals surface area (Å²) in [4.78, 5) is 44.7. The molecule has 10 heteroatoms. The maximum absolute atomic E-state index is 13.9. The van der Waals surface area contributed by atoms with E-state index < -0.39 is 30.0 Å². The van der Waals surface area contributed by atoms with E-state index in [1.807, 2.05) is 48.5 Å². The van der Waals surface area contributed by atoms with Gasteiger partial charge < -0.3 is 30.4 Å². The van der Waals surface area contributed by atoms with Crippen molar-refractivity contribution in [3.8, 4) is 11.8 Å². The van der Waals surface area contributed by atoms with Gasteiger partial charge in [0.1, 0.15) is 17.5 Å². The Morgan fingerprint density at radius 1 is 1.23 bits per heavy atom. The highest BCUT2D eigenvalue weighted by Crippen LogP contribution is 2.34. The molecule has 0 saturated carbocycles. The minimum Gasteiger partial charge on any atom is -0.496 e. The van der Waals surface area contributed by atoms with E-state index in [4.69, 9.17) is 4.74 Å². The second-order valence-electron chi connectivity index (χ2n) is 10.5. The second kappa shape index (κ2) is 11.8. The summed E-state index contributed by atoms with van der Waals surface area (Å²) >= 11 is 0. The fraction of sp³-hybridized carbons (Fsp3) is 0.400. The normalized spacial score (nSPS) is 22.3. The molecular weight excluding hydrogens is 510 g/mol. The van der Waals surface area contributed by atoms with Crippen molar-refractivity contribution in [3.05, 3.63) is 65.9 Å². The largest absolute Gasteiger partial charge is 0.496 e. The van der Waals surface area contributed by atoms with Crippen LogP contribution >= 0.6 is 0 Å². The predicted octanol–water partition coefficient (Wildman–Crippen LogP) is 2.46. The molecule has 2 aliphatic heterocycles. The van der Waals surface area contributed by atoms with E-state index in [1.165, 1.54) is 0 Å². The molecule has 3 amide bonds. The third-order valence-electron chi connectivity index (χ3n) is 7.99. The highest BCUT2D eigenvalue weighted by Gasteiger charge is 2.42. The van der Waals surface area contributed by atoms with Gasteiger partial charge in [-0.2, -0.15) is 5.26 Å². The van der Waals surface area contributed by atoms with E-state index in [0.717, 1.165) is 22.9 Å². The van der Waals surface area contributed by atoms with Gasteiger partial charge in [0.2, 0.25) is 11.8 Å². The van der Waals surface area contributed by atoms with Gasteiger partial charge in [-0.25, -0.2) is 0 Å². The van der Waals surface area contributed by atoms with Crippen LogP contribution in [0.2, 0.25) is 0 Å². The number of benzene rings is 2. The number of H-pyrrole nitrogens is 1. The summed E-state index contributed by atoms with van der Waals surface area (Å²) in [7, 11) is 1.57. The fourth-order valence-electron chi connectivity index (χ4n) is 5.85. The summed E-state index contributed by atoms with van der Waals surface area (Å²) in [5, 5.41) is 26.3. The highest BCUT2D eigenvalue weighted by atomic mass is 16.5. The number of carbonyl (C=O) groups excluding carboxylic acids is 3. The number of aromatic nitrogens is 1. The molecule has 0 radical (unpaired) electrons. The molecule has 2 fully saturated rings. The van der Waals surface area contributed by atoms with Crippen molar-refractivity contribution >= 4 is 28.6 Å². The minimum absolute atomic E-state index is 0.0803. The lowest BCUT2D eigenvalue weighted by molar-refractivity contribution is -0.129. The lowest BCUT2D eigenvalue weighted by atomic mass is 9.89. The molecule has 3 heterocycles. The van der Waals surface area contributed by atoms with Crippen LogP contribution in [0.15, 0.2) is 54.6 Å². The first-order chi connectivity index (χ1) is 19.4. The second-order valence-corrected chi connectivity index (χ2v) is 10.5. The van der Waals surface area contributed by atoms with Crippen molar-refractivity contribution in [2.75, 3.05) is 20.2 Å². The van der Waals surface area contributed by atoms with Crippen LogP contribution in [0, 0.1) is 17.2 Å². The zero-order valence-electron chi connectivity index (χ0n) is 22.3. The molecule has 0 spiro atoms. The first kappa shape index (κ1) is 27.2. The van der Waals surface area contributed by atoms with Gasteiger partial charge in [0.15, 0.2) is 6.10 Å². The van der Waals surface area contributed by atoms with Crippen LogP contribution in [-0.2, 0) is 9.59 Å². The number of piperidine rings is 1. The minimum atomic E-state index is -1.49. The summed E-state index contributed by atoms with van der Waals surface area (Å²) in [6, 6.07) is 17.0. The van der Waals surface area contributed by atoms with E-state index in [1.54, 1.807) is 24.1 Å². The number of likely N-dealkylation sites (tertiary alicyclic amines) is 1. The van der Waals surface area contributed by atoms with Crippen LogP contribution < -0.4 is 15.4 Å². The number of nitrogens with one attached hydrogen (secondary N) is 3. The van der Waals surface area contributed by atoms with Gasteiger partial charge in [0, 0.05) is 35.8 Å². The van der Waals surface area contributed by atoms with Crippen molar-refractivity contribution < 1.29 is 24.2 Å². The Labute approximate surface area is 232 Å². The number of nitriles is 1. The molecule has 40 heavy (non-hydrogen) atoms. The molecule has 2 saturated heterocycles. The number of aliphatic hydroxyl groups is 1. The summed E-state index contributed by atoms with van der Waals surface area (Å²) in [6.07, 6.45) is 0.430. The lowest BCUT2D eigenvalue weighted by Crippen LogP contribution is -2.53. The quantitative estimate of drug-likeness (QED) is 0.321. The Balaban J connectivity index is 1.41. The van der Waals surface area contributed by atoms with Crippen LogP contribution in [-0.4, -0.2) is 71.1 Å². The van der Waals surface area contributed by atoms with Crippen molar-refractivity contribution in [3.63, 3.8) is 0 Å². The molecular formula is C30H33N5O5. The molecule has 2 aliphatic rings. The number of hydrogen-bond acceptors (Lipinski definition) is 6. The Morgan fingerprint density at radius 3 is 2.75 bits per heavy atom. The topological polar surface area (TPSA) is 148 Å². The molecule has 4 N–H and O–H groups in total. The van der Waals surface area contributed by atoms with Crippen LogP contribution in [0.4, 0.5) is 0 Å². The van der Waals surface area contributed by atoms with E-state index in [0.29, 0.717) is 37.4 Å². The van der Waals surface area contributed by atoms with Crippen molar-refractivity contribution in [1.29, 1.82) is 5.26 Å². The van der Waals surface area contributed by atoms with Gasteiger partial charge in [-0.05, 0) is 49.4 Å². The van der Waals surface area contributed by atoms with Gasteiger partial charge in [-0.3, -0.25) is 14.4 Å². The molecule has 5 unspecified atom stereocenters. The number of nitrogens with zero attached hydrogens (tertiary/aromatic N) is 2. The van der Waals surface area contributed by atoms with Crippen molar-refractivity contribution in [2.24, 2.45) is 5.92 Å². The standard InChI is InChI=1S/C30H33N5O5/c1-40-27-11-5-10-22-21(27)15-24(33-22)30(39)35-17-20(18-7-3-2-4-8-18)14-25(35)29(38)34-23(26(36)16-31)13-19-9-6-12-32-28(19)37/h2-5,7-8,10-11,15,19-20,23,25-26,33,36H,6,9,12-14,17H2,1H3,(H,32,37)(H,34,38). The number of carbonyl (C=O) groups is 3. The molecule has 5 rings (SSSR count).